The summed E-state index contributed by atoms with van der Waals surface area (Å²) in [5.74, 6) is 1.59. The number of carbonyl (C=O) groups is 3. The van der Waals surface area contributed by atoms with E-state index in [2.05, 4.69) is 80.7 Å². The monoisotopic (exact) mass is 751 g/mol. The molecule has 56 heavy (non-hydrogen) atoms. The maximum absolute atomic E-state index is 13.4. The number of aromatic hydroxyl groups is 1. The van der Waals surface area contributed by atoms with E-state index in [1.165, 1.54) is 40.8 Å². The van der Waals surface area contributed by atoms with Crippen LogP contribution in [-0.4, -0.2) is 90.6 Å². The maximum Gasteiger partial charge on any atom is 0.255 e. The number of phenolic OH excluding ortho intramolecular Hbond substituents is 1. The van der Waals surface area contributed by atoms with Crippen LogP contribution in [0.5, 0.6) is 11.5 Å². The predicted molar refractivity (Wildman–Crippen MR) is 214 cm³/mol. The zero-order valence-electron chi connectivity index (χ0n) is 31.7. The second-order valence-corrected chi connectivity index (χ2v) is 16.7. The summed E-state index contributed by atoms with van der Waals surface area (Å²) in [6, 6.07) is 29.7. The van der Waals surface area contributed by atoms with Crippen LogP contribution in [0.15, 0.2) is 84.9 Å². The molecule has 5 heterocycles. The summed E-state index contributed by atoms with van der Waals surface area (Å²) in [4.78, 5) is 46.9. The molecule has 4 atom stereocenters. The first-order valence-corrected chi connectivity index (χ1v) is 20.5. The topological polar surface area (TPSA) is 106 Å². The molecule has 5 aliphatic heterocycles. The largest absolute Gasteiger partial charge is 0.508 e. The molecule has 4 aromatic carbocycles. The average Bonchev–Trinajstić information content (AvgIpc) is 3.56. The van der Waals surface area contributed by atoms with Gasteiger partial charge in [-0.1, -0.05) is 48.5 Å². The Morgan fingerprint density at radius 1 is 0.786 bits per heavy atom. The minimum Gasteiger partial charge on any atom is -0.508 e. The molecule has 10 heteroatoms. The van der Waals surface area contributed by atoms with Crippen molar-refractivity contribution in [2.75, 3.05) is 55.7 Å². The number of amides is 3. The third-order valence-electron chi connectivity index (χ3n) is 13.5. The Hall–Kier alpha value is -5.35. The molecule has 6 aliphatic rings. The van der Waals surface area contributed by atoms with E-state index in [1.54, 1.807) is 4.90 Å². The molecule has 0 radical (unpaired) electrons. The van der Waals surface area contributed by atoms with Gasteiger partial charge in [0.1, 0.15) is 24.1 Å². The van der Waals surface area contributed by atoms with Crippen molar-refractivity contribution in [2.24, 2.45) is 5.92 Å². The van der Waals surface area contributed by atoms with E-state index in [4.69, 9.17) is 4.74 Å². The van der Waals surface area contributed by atoms with Gasteiger partial charge in [0.25, 0.3) is 5.91 Å². The summed E-state index contributed by atoms with van der Waals surface area (Å²) < 4.78 is 6.44. The van der Waals surface area contributed by atoms with E-state index in [0.29, 0.717) is 42.7 Å². The van der Waals surface area contributed by atoms with Gasteiger partial charge >= 0.3 is 0 Å². The van der Waals surface area contributed by atoms with Crippen molar-refractivity contribution in [3.05, 3.63) is 118 Å². The lowest BCUT2D eigenvalue weighted by atomic mass is 9.69. The number of piperidine rings is 2. The van der Waals surface area contributed by atoms with Crippen LogP contribution in [0.25, 0.3) is 0 Å². The van der Waals surface area contributed by atoms with Gasteiger partial charge in [-0.3, -0.25) is 24.6 Å². The number of hydrogen-bond acceptors (Lipinski definition) is 8. The number of imide groups is 1. The summed E-state index contributed by atoms with van der Waals surface area (Å²) in [6.07, 6.45) is 4.98. The molecule has 3 fully saturated rings. The van der Waals surface area contributed by atoms with Gasteiger partial charge in [0.05, 0.1) is 18.3 Å². The summed E-state index contributed by atoms with van der Waals surface area (Å²) in [5.41, 5.74) is 9.11. The molecule has 0 unspecified atom stereocenters. The first kappa shape index (κ1) is 35.1. The third kappa shape index (κ3) is 6.28. The van der Waals surface area contributed by atoms with Crippen molar-refractivity contribution in [2.45, 2.75) is 69.0 Å². The van der Waals surface area contributed by atoms with Crippen LogP contribution in [0.4, 0.5) is 11.4 Å². The molecule has 3 amide bonds. The van der Waals surface area contributed by atoms with E-state index < -0.39 is 11.9 Å². The molecular formula is C46H49N5O5. The molecule has 0 aromatic heterocycles. The van der Waals surface area contributed by atoms with Crippen LogP contribution >= 0.6 is 0 Å². The van der Waals surface area contributed by atoms with Gasteiger partial charge in [-0.05, 0) is 103 Å². The number of piperazine rings is 1. The number of anilines is 2. The number of rotatable bonds is 6. The SMILES string of the molecule is O=C1CC[C@H](N2Cc3c(ccc4c3OC[C@@H]3CN(CC5CCN(c6ccc([C@@H]7c8ccc(O)cc8CC[C@@H]7c7ccccc7)cc6)CC5)CCN43)C2=O)C(=O)N1. The summed E-state index contributed by atoms with van der Waals surface area (Å²) in [5, 5.41) is 12.6. The molecule has 0 spiro atoms. The number of nitrogens with one attached hydrogen (secondary N) is 1. The molecule has 1 aliphatic carbocycles. The summed E-state index contributed by atoms with van der Waals surface area (Å²) in [7, 11) is 0. The highest BCUT2D eigenvalue weighted by Gasteiger charge is 2.43. The van der Waals surface area contributed by atoms with Crippen LogP contribution in [0.2, 0.25) is 0 Å². The molecule has 3 saturated heterocycles. The molecule has 2 N–H and O–H groups in total. The van der Waals surface area contributed by atoms with Crippen LogP contribution in [0, 0.1) is 5.92 Å². The van der Waals surface area contributed by atoms with Crippen molar-refractivity contribution >= 4 is 29.1 Å². The van der Waals surface area contributed by atoms with Gasteiger partial charge in [0.15, 0.2) is 0 Å². The molecule has 10 rings (SSSR count). The Morgan fingerprint density at radius 3 is 2.41 bits per heavy atom. The van der Waals surface area contributed by atoms with Crippen LogP contribution in [0.3, 0.4) is 0 Å². The second kappa shape index (κ2) is 14.3. The molecular weight excluding hydrogens is 703 g/mol. The number of carbonyl (C=O) groups excluding carboxylic acids is 3. The number of aryl methyl sites for hydroxylation is 1. The van der Waals surface area contributed by atoms with Crippen molar-refractivity contribution < 1.29 is 24.2 Å². The van der Waals surface area contributed by atoms with Crippen molar-refractivity contribution in [3.63, 3.8) is 0 Å². The van der Waals surface area contributed by atoms with Crippen molar-refractivity contribution in [1.29, 1.82) is 0 Å². The zero-order chi connectivity index (χ0) is 37.9. The Morgan fingerprint density at radius 2 is 1.61 bits per heavy atom. The van der Waals surface area contributed by atoms with E-state index in [-0.39, 0.29) is 30.2 Å². The van der Waals surface area contributed by atoms with E-state index in [1.807, 2.05) is 24.3 Å². The lowest BCUT2D eigenvalue weighted by Crippen LogP contribution is -2.58. The van der Waals surface area contributed by atoms with Crippen molar-refractivity contribution in [1.82, 2.24) is 15.1 Å². The second-order valence-electron chi connectivity index (χ2n) is 16.7. The highest BCUT2D eigenvalue weighted by atomic mass is 16.5. The highest BCUT2D eigenvalue weighted by molar-refractivity contribution is 6.06. The van der Waals surface area contributed by atoms with E-state index in [0.717, 1.165) is 69.1 Å². The minimum atomic E-state index is -0.633. The Balaban J connectivity index is 0.758. The Bertz CT molecular complexity index is 2170. The third-order valence-corrected chi connectivity index (χ3v) is 13.5. The number of fused-ring (bicyclic) bond motifs is 6. The first-order valence-electron chi connectivity index (χ1n) is 20.5. The molecule has 0 bridgehead atoms. The fourth-order valence-corrected chi connectivity index (χ4v) is 10.6. The van der Waals surface area contributed by atoms with Crippen LogP contribution in [0.1, 0.15) is 82.1 Å². The van der Waals surface area contributed by atoms with Gasteiger partial charge in [0.2, 0.25) is 11.8 Å². The normalized spacial score (nSPS) is 25.2. The fraction of sp³-hybridized carbons (Fsp3) is 0.413. The quantitative estimate of drug-likeness (QED) is 0.238. The number of hydrogen-bond donors (Lipinski definition) is 2. The smallest absolute Gasteiger partial charge is 0.255 e. The number of ether oxygens (including phenoxy) is 1. The first-order chi connectivity index (χ1) is 27.4. The Kier molecular flexibility index (Phi) is 8.96. The van der Waals surface area contributed by atoms with E-state index in [9.17, 15) is 19.5 Å². The molecule has 0 saturated carbocycles. The summed E-state index contributed by atoms with van der Waals surface area (Å²) >= 11 is 0. The van der Waals surface area contributed by atoms with Crippen molar-refractivity contribution in [3.8, 4) is 11.5 Å². The number of phenols is 1. The van der Waals surface area contributed by atoms with Gasteiger partial charge < -0.3 is 24.5 Å². The fourth-order valence-electron chi connectivity index (χ4n) is 10.6. The standard InChI is InChI=1S/C46H49N5O5/c52-35-11-13-37-32(24-35)8-12-36(30-4-2-1-3-5-30)43(37)31-6-9-33(10-7-31)49-20-18-29(19-21-49)25-48-22-23-50-34(26-48)28-56-44-39-27-51(41-16-17-42(53)47-45(41)54)46(55)38(39)14-15-40(44)50/h1-7,9-11,13-15,24,29,34,36,41,43,52H,8,12,16-23,25-28H2,(H,47,53,54)/t34-,36+,41-,43-/m0/s1. The maximum atomic E-state index is 13.4. The van der Waals surface area contributed by atoms with Gasteiger partial charge in [-0.15, -0.1) is 0 Å². The summed E-state index contributed by atoms with van der Waals surface area (Å²) in [6.45, 7) is 6.96. The van der Waals surface area contributed by atoms with Crippen LogP contribution < -0.4 is 19.9 Å². The molecule has 4 aromatic rings. The number of benzene rings is 4. The molecule has 10 nitrogen and oxygen atoms in total. The van der Waals surface area contributed by atoms with Gasteiger partial charge in [-0.25, -0.2) is 0 Å². The lowest BCUT2D eigenvalue weighted by Gasteiger charge is -2.47. The van der Waals surface area contributed by atoms with Crippen LogP contribution in [-0.2, 0) is 22.6 Å². The predicted octanol–water partition coefficient (Wildman–Crippen LogP) is 5.81. The Labute approximate surface area is 328 Å². The van der Waals surface area contributed by atoms with Gasteiger partial charge in [-0.2, -0.15) is 0 Å². The zero-order valence-corrected chi connectivity index (χ0v) is 31.7. The van der Waals surface area contributed by atoms with Gasteiger partial charge in [0, 0.05) is 68.4 Å². The minimum absolute atomic E-state index is 0.166. The number of nitrogens with zero attached hydrogens (tertiary/aromatic N) is 4. The highest BCUT2D eigenvalue weighted by Crippen LogP contribution is 2.48. The van der Waals surface area contributed by atoms with E-state index >= 15 is 0 Å². The lowest BCUT2D eigenvalue weighted by molar-refractivity contribution is -0.136. The molecule has 288 valence electrons. The average molecular weight is 752 g/mol.